The second-order valence-electron chi connectivity index (χ2n) is 5.22. The summed E-state index contributed by atoms with van der Waals surface area (Å²) in [6, 6.07) is 15.3. The van der Waals surface area contributed by atoms with Crippen LogP contribution in [-0.2, 0) is 7.05 Å². The lowest BCUT2D eigenvalue weighted by Crippen LogP contribution is -1.89. The van der Waals surface area contributed by atoms with Gasteiger partial charge in [-0.15, -0.1) is 0 Å². The molecule has 90 valence electrons. The second kappa shape index (κ2) is 2.91. The van der Waals surface area contributed by atoms with Crippen molar-refractivity contribution in [2.24, 2.45) is 7.05 Å². The number of nitrogens with zero attached hydrogens (tertiary/aromatic N) is 2. The van der Waals surface area contributed by atoms with E-state index in [2.05, 4.69) is 70.9 Å². The standard InChI is InChI=1S/C17H12N2/c1-18-10-8-13-16(18)12-6-4-5-11-14-7-2-3-9-19(14)17(13)15(11)12/h2-10H,1H3. The molecular formula is C17H12N2. The minimum Gasteiger partial charge on any atom is -0.350 e. The molecule has 1 aliphatic rings. The predicted octanol–water partition coefficient (Wildman–Crippen LogP) is 4.08. The summed E-state index contributed by atoms with van der Waals surface area (Å²) in [5.41, 5.74) is 6.69. The summed E-state index contributed by atoms with van der Waals surface area (Å²) in [5, 5.41) is 2.75. The Kier molecular flexibility index (Phi) is 1.45. The van der Waals surface area contributed by atoms with Crippen molar-refractivity contribution in [3.05, 3.63) is 54.9 Å². The van der Waals surface area contributed by atoms with Gasteiger partial charge in [-0.05, 0) is 18.2 Å². The van der Waals surface area contributed by atoms with Crippen molar-refractivity contribution in [3.63, 3.8) is 0 Å². The van der Waals surface area contributed by atoms with Gasteiger partial charge in [-0.1, -0.05) is 24.3 Å². The Morgan fingerprint density at radius 1 is 0.789 bits per heavy atom. The van der Waals surface area contributed by atoms with E-state index in [1.165, 1.54) is 38.8 Å². The van der Waals surface area contributed by atoms with Crippen LogP contribution in [0.1, 0.15) is 0 Å². The molecule has 0 aliphatic heterocycles. The topological polar surface area (TPSA) is 9.34 Å². The number of hydrogen-bond acceptors (Lipinski definition) is 0. The Hall–Kier alpha value is -2.48. The first kappa shape index (κ1) is 9.45. The first-order valence-corrected chi connectivity index (χ1v) is 6.54. The largest absolute Gasteiger partial charge is 0.350 e. The van der Waals surface area contributed by atoms with Gasteiger partial charge in [0.05, 0.1) is 16.9 Å². The van der Waals surface area contributed by atoms with Crippen molar-refractivity contribution in [3.8, 4) is 22.5 Å². The minimum absolute atomic E-state index is 1.30. The van der Waals surface area contributed by atoms with Gasteiger partial charge in [0.1, 0.15) is 0 Å². The van der Waals surface area contributed by atoms with Crippen LogP contribution in [0.5, 0.6) is 0 Å². The third kappa shape index (κ3) is 0.920. The SMILES string of the molecule is Cn1ccc2c1-c1cccc3c1c-2n1ccccc31. The molecule has 0 saturated heterocycles. The molecule has 2 nitrogen and oxygen atoms in total. The molecule has 0 fully saturated rings. The molecule has 0 unspecified atom stereocenters. The molecule has 3 aromatic heterocycles. The van der Waals surface area contributed by atoms with Gasteiger partial charge in [0, 0.05) is 41.3 Å². The Morgan fingerprint density at radius 2 is 1.74 bits per heavy atom. The zero-order valence-corrected chi connectivity index (χ0v) is 10.6. The van der Waals surface area contributed by atoms with Crippen molar-refractivity contribution in [1.82, 2.24) is 8.97 Å². The summed E-state index contributed by atoms with van der Waals surface area (Å²) in [6.07, 6.45) is 4.31. The summed E-state index contributed by atoms with van der Waals surface area (Å²) >= 11 is 0. The number of hydrogen-bond donors (Lipinski definition) is 0. The van der Waals surface area contributed by atoms with E-state index in [4.69, 9.17) is 0 Å². The highest BCUT2D eigenvalue weighted by Crippen LogP contribution is 2.49. The van der Waals surface area contributed by atoms with Crippen molar-refractivity contribution in [2.75, 3.05) is 0 Å². The Bertz CT molecular complexity index is 970. The first-order valence-electron chi connectivity index (χ1n) is 6.54. The lowest BCUT2D eigenvalue weighted by molar-refractivity contribution is 0.940. The molecule has 0 amide bonds. The Balaban J connectivity index is 2.17. The van der Waals surface area contributed by atoms with Crippen LogP contribution in [0.15, 0.2) is 54.9 Å². The molecule has 2 heteroatoms. The highest BCUT2D eigenvalue weighted by atomic mass is 15.0. The Morgan fingerprint density at radius 3 is 2.68 bits per heavy atom. The van der Waals surface area contributed by atoms with Crippen LogP contribution >= 0.6 is 0 Å². The van der Waals surface area contributed by atoms with E-state index in [-0.39, 0.29) is 0 Å². The zero-order chi connectivity index (χ0) is 12.6. The molecule has 1 aromatic carbocycles. The van der Waals surface area contributed by atoms with E-state index in [0.29, 0.717) is 0 Å². The van der Waals surface area contributed by atoms with Crippen LogP contribution in [0.4, 0.5) is 0 Å². The maximum absolute atomic E-state index is 2.32. The second-order valence-corrected chi connectivity index (χ2v) is 5.22. The van der Waals surface area contributed by atoms with Crippen LogP contribution in [0, 0.1) is 0 Å². The van der Waals surface area contributed by atoms with Crippen molar-refractivity contribution in [2.45, 2.75) is 0 Å². The van der Waals surface area contributed by atoms with Gasteiger partial charge >= 0.3 is 0 Å². The molecular weight excluding hydrogens is 232 g/mol. The smallest absolute Gasteiger partial charge is 0.0635 e. The molecule has 1 aliphatic carbocycles. The third-order valence-electron chi connectivity index (χ3n) is 4.26. The number of benzene rings is 1. The number of rotatable bonds is 0. The third-order valence-corrected chi connectivity index (χ3v) is 4.26. The van der Waals surface area contributed by atoms with Crippen LogP contribution < -0.4 is 0 Å². The molecule has 0 radical (unpaired) electrons. The van der Waals surface area contributed by atoms with Crippen LogP contribution in [0.2, 0.25) is 0 Å². The van der Waals surface area contributed by atoms with Gasteiger partial charge < -0.3 is 8.97 Å². The van der Waals surface area contributed by atoms with Gasteiger partial charge in [-0.3, -0.25) is 0 Å². The number of aromatic nitrogens is 2. The van der Waals surface area contributed by atoms with Gasteiger partial charge in [-0.2, -0.15) is 0 Å². The lowest BCUT2D eigenvalue weighted by Gasteiger charge is -2.04. The van der Waals surface area contributed by atoms with Crippen LogP contribution in [0.25, 0.3) is 38.8 Å². The van der Waals surface area contributed by atoms with Gasteiger partial charge in [-0.25, -0.2) is 0 Å². The molecule has 19 heavy (non-hydrogen) atoms. The average molecular weight is 244 g/mol. The van der Waals surface area contributed by atoms with Crippen molar-refractivity contribution < 1.29 is 0 Å². The fraction of sp³-hybridized carbons (Fsp3) is 0.0588. The number of pyridine rings is 1. The molecule has 0 saturated carbocycles. The van der Waals surface area contributed by atoms with E-state index in [9.17, 15) is 0 Å². The fourth-order valence-electron chi connectivity index (χ4n) is 3.52. The molecule has 0 spiro atoms. The van der Waals surface area contributed by atoms with E-state index in [0.717, 1.165) is 0 Å². The quantitative estimate of drug-likeness (QED) is 0.388. The van der Waals surface area contributed by atoms with E-state index >= 15 is 0 Å². The molecule has 5 rings (SSSR count). The van der Waals surface area contributed by atoms with Crippen molar-refractivity contribution in [1.29, 1.82) is 0 Å². The molecule has 4 aromatic rings. The number of aryl methyl sites for hydroxylation is 1. The lowest BCUT2D eigenvalue weighted by atomic mass is 10.1. The maximum atomic E-state index is 2.32. The molecule has 0 N–H and O–H groups in total. The molecule has 3 heterocycles. The summed E-state index contributed by atoms with van der Waals surface area (Å²) in [6.45, 7) is 0. The van der Waals surface area contributed by atoms with E-state index in [1.54, 1.807) is 0 Å². The van der Waals surface area contributed by atoms with Gasteiger partial charge in [0.2, 0.25) is 0 Å². The maximum Gasteiger partial charge on any atom is 0.0635 e. The highest BCUT2D eigenvalue weighted by molar-refractivity contribution is 6.19. The van der Waals surface area contributed by atoms with Crippen LogP contribution in [-0.4, -0.2) is 8.97 Å². The Labute approximate surface area is 110 Å². The molecule has 0 atom stereocenters. The normalized spacial score (nSPS) is 12.5. The summed E-state index contributed by atoms with van der Waals surface area (Å²) in [4.78, 5) is 0. The van der Waals surface area contributed by atoms with Crippen molar-refractivity contribution >= 4 is 16.3 Å². The minimum atomic E-state index is 1.30. The number of fused-ring (bicyclic) bond motifs is 6. The summed E-state index contributed by atoms with van der Waals surface area (Å²) in [5.74, 6) is 0. The van der Waals surface area contributed by atoms with Crippen LogP contribution in [0.3, 0.4) is 0 Å². The van der Waals surface area contributed by atoms with E-state index in [1.807, 2.05) is 0 Å². The summed E-state index contributed by atoms with van der Waals surface area (Å²) < 4.78 is 4.54. The highest BCUT2D eigenvalue weighted by Gasteiger charge is 2.27. The monoisotopic (exact) mass is 244 g/mol. The summed E-state index contributed by atoms with van der Waals surface area (Å²) in [7, 11) is 2.12. The van der Waals surface area contributed by atoms with Gasteiger partial charge in [0.15, 0.2) is 0 Å². The molecule has 0 bridgehead atoms. The average Bonchev–Trinajstić information content (AvgIpc) is 3.07. The predicted molar refractivity (Wildman–Crippen MR) is 78.3 cm³/mol. The fourth-order valence-corrected chi connectivity index (χ4v) is 3.52. The van der Waals surface area contributed by atoms with E-state index < -0.39 is 0 Å². The zero-order valence-electron chi connectivity index (χ0n) is 10.6. The first-order chi connectivity index (χ1) is 9.36. The van der Waals surface area contributed by atoms with Gasteiger partial charge in [0.25, 0.3) is 0 Å².